The maximum atomic E-state index is 11.3. The van der Waals surface area contributed by atoms with Crippen molar-refractivity contribution in [3.63, 3.8) is 0 Å². The summed E-state index contributed by atoms with van der Waals surface area (Å²) in [6, 6.07) is 16.4. The lowest BCUT2D eigenvalue weighted by atomic mass is 9.94. The molecule has 0 unspecified atom stereocenters. The van der Waals surface area contributed by atoms with Gasteiger partial charge in [-0.2, -0.15) is 0 Å². The zero-order valence-electron chi connectivity index (χ0n) is 16.3. The second-order valence-electron chi connectivity index (χ2n) is 7.45. The number of hydrogen-bond acceptors (Lipinski definition) is 5. The Balaban J connectivity index is 1.34. The number of phosphoric ester groups is 1. The molecule has 0 saturated carbocycles. The third kappa shape index (κ3) is 7.52. The standard InChI is InChI=1S/C21H27BrNO5P/c22-19-8-4-17(5-9-19)3-1-2-14-26-20-10-6-18(7-11-20)12-13-21(23)15-27-29(24,25)28-16-21/h4-11H,1-3,12-16,23H2,(H,24,25). The van der Waals surface area contributed by atoms with Gasteiger partial charge >= 0.3 is 7.82 Å². The van der Waals surface area contributed by atoms with Crippen LogP contribution in [0.5, 0.6) is 5.75 Å². The normalized spacial score (nSPS) is 24.4. The van der Waals surface area contributed by atoms with Gasteiger partial charge in [0.15, 0.2) is 0 Å². The van der Waals surface area contributed by atoms with E-state index in [0.717, 1.165) is 41.5 Å². The molecule has 1 saturated heterocycles. The lowest BCUT2D eigenvalue weighted by molar-refractivity contribution is 0.0372. The van der Waals surface area contributed by atoms with Crippen LogP contribution in [0, 0.1) is 0 Å². The van der Waals surface area contributed by atoms with E-state index in [1.807, 2.05) is 24.3 Å². The Morgan fingerprint density at radius 1 is 1.00 bits per heavy atom. The van der Waals surface area contributed by atoms with Gasteiger partial charge in [0.2, 0.25) is 0 Å². The van der Waals surface area contributed by atoms with E-state index < -0.39 is 13.4 Å². The van der Waals surface area contributed by atoms with Crippen molar-refractivity contribution in [3.8, 4) is 5.75 Å². The fourth-order valence-corrected chi connectivity index (χ4v) is 4.24. The third-order valence-corrected chi connectivity index (χ3v) is 6.35. The van der Waals surface area contributed by atoms with Crippen molar-refractivity contribution in [2.24, 2.45) is 5.73 Å². The fraction of sp³-hybridized carbons (Fsp3) is 0.429. The molecule has 6 nitrogen and oxygen atoms in total. The molecule has 0 atom stereocenters. The van der Waals surface area contributed by atoms with Crippen LogP contribution in [-0.2, 0) is 26.5 Å². The first-order valence-electron chi connectivity index (χ1n) is 9.71. The molecular weight excluding hydrogens is 457 g/mol. The number of unbranched alkanes of at least 4 members (excludes halogenated alkanes) is 1. The van der Waals surface area contributed by atoms with Gasteiger partial charge in [0, 0.05) is 4.47 Å². The molecule has 1 heterocycles. The number of hydrogen-bond donors (Lipinski definition) is 2. The Kier molecular flexibility index (Phi) is 7.91. The summed E-state index contributed by atoms with van der Waals surface area (Å²) < 4.78 is 27.9. The number of benzene rings is 2. The van der Waals surface area contributed by atoms with E-state index in [1.54, 1.807) is 0 Å². The molecule has 29 heavy (non-hydrogen) atoms. The van der Waals surface area contributed by atoms with E-state index in [4.69, 9.17) is 19.5 Å². The second-order valence-corrected chi connectivity index (χ2v) is 9.82. The van der Waals surface area contributed by atoms with Crippen LogP contribution in [0.3, 0.4) is 0 Å². The quantitative estimate of drug-likeness (QED) is 0.399. The lowest BCUT2D eigenvalue weighted by Gasteiger charge is -2.34. The fourth-order valence-electron chi connectivity index (χ4n) is 3.06. The predicted molar refractivity (Wildman–Crippen MR) is 116 cm³/mol. The van der Waals surface area contributed by atoms with Gasteiger partial charge in [0.25, 0.3) is 0 Å². The molecule has 158 valence electrons. The first-order chi connectivity index (χ1) is 13.8. The van der Waals surface area contributed by atoms with Crippen LogP contribution in [0.25, 0.3) is 0 Å². The Hall–Kier alpha value is -1.21. The van der Waals surface area contributed by atoms with Gasteiger partial charge < -0.3 is 15.4 Å². The van der Waals surface area contributed by atoms with E-state index in [0.29, 0.717) is 13.0 Å². The lowest BCUT2D eigenvalue weighted by Crippen LogP contribution is -2.51. The van der Waals surface area contributed by atoms with Crippen molar-refractivity contribution in [1.29, 1.82) is 0 Å². The third-order valence-electron chi connectivity index (χ3n) is 4.91. The van der Waals surface area contributed by atoms with Gasteiger partial charge in [-0.25, -0.2) is 4.57 Å². The van der Waals surface area contributed by atoms with Crippen molar-refractivity contribution in [2.75, 3.05) is 19.8 Å². The van der Waals surface area contributed by atoms with E-state index in [9.17, 15) is 9.46 Å². The van der Waals surface area contributed by atoms with E-state index in [2.05, 4.69) is 40.2 Å². The van der Waals surface area contributed by atoms with Crippen LogP contribution < -0.4 is 10.5 Å². The van der Waals surface area contributed by atoms with Gasteiger partial charge in [0.05, 0.1) is 25.4 Å². The van der Waals surface area contributed by atoms with Crippen LogP contribution >= 0.6 is 23.8 Å². The molecule has 2 aromatic rings. The van der Waals surface area contributed by atoms with Gasteiger partial charge in [0.1, 0.15) is 5.75 Å². The molecule has 1 fully saturated rings. The Morgan fingerprint density at radius 2 is 1.59 bits per heavy atom. The Morgan fingerprint density at radius 3 is 2.24 bits per heavy atom. The molecule has 0 aliphatic carbocycles. The summed E-state index contributed by atoms with van der Waals surface area (Å²) in [6.45, 7) is 0.724. The maximum absolute atomic E-state index is 11.3. The number of ether oxygens (including phenoxy) is 1. The Bertz CT molecular complexity index is 816. The van der Waals surface area contributed by atoms with Crippen molar-refractivity contribution < 1.29 is 23.2 Å². The summed E-state index contributed by atoms with van der Waals surface area (Å²) in [7, 11) is -3.90. The number of halogens is 1. The van der Waals surface area contributed by atoms with Gasteiger partial charge in [-0.15, -0.1) is 0 Å². The van der Waals surface area contributed by atoms with Crippen LogP contribution in [0.1, 0.15) is 30.4 Å². The summed E-state index contributed by atoms with van der Waals surface area (Å²) in [5.74, 6) is 0.852. The highest BCUT2D eigenvalue weighted by molar-refractivity contribution is 9.10. The molecule has 0 aromatic heterocycles. The summed E-state index contributed by atoms with van der Waals surface area (Å²) in [6.07, 6.45) is 4.47. The topological polar surface area (TPSA) is 91.0 Å². The minimum atomic E-state index is -3.90. The van der Waals surface area contributed by atoms with Gasteiger partial charge in [-0.05, 0) is 67.5 Å². The second kappa shape index (κ2) is 10.2. The highest BCUT2D eigenvalue weighted by Gasteiger charge is 2.38. The molecule has 0 radical (unpaired) electrons. The first-order valence-corrected chi connectivity index (χ1v) is 12.0. The number of phosphoric acid groups is 1. The highest BCUT2D eigenvalue weighted by Crippen LogP contribution is 2.47. The smallest absolute Gasteiger partial charge is 0.472 e. The van der Waals surface area contributed by atoms with Crippen molar-refractivity contribution in [1.82, 2.24) is 0 Å². The molecule has 2 aromatic carbocycles. The zero-order valence-corrected chi connectivity index (χ0v) is 18.7. The monoisotopic (exact) mass is 483 g/mol. The SMILES string of the molecule is NC1(CCc2ccc(OCCCCc3ccc(Br)cc3)cc2)COP(=O)(O)OC1. The summed E-state index contributed by atoms with van der Waals surface area (Å²) in [4.78, 5) is 9.23. The highest BCUT2D eigenvalue weighted by atomic mass is 79.9. The average molecular weight is 484 g/mol. The van der Waals surface area contributed by atoms with Crippen molar-refractivity contribution >= 4 is 23.8 Å². The molecule has 3 rings (SSSR count). The van der Waals surface area contributed by atoms with Crippen LogP contribution in [-0.4, -0.2) is 30.3 Å². The number of aryl methyl sites for hydroxylation is 2. The summed E-state index contributed by atoms with van der Waals surface area (Å²) in [5, 5.41) is 0. The largest absolute Gasteiger partial charge is 0.494 e. The minimum Gasteiger partial charge on any atom is -0.494 e. The molecule has 0 spiro atoms. The number of rotatable bonds is 9. The molecule has 3 N–H and O–H groups in total. The predicted octanol–water partition coefficient (Wildman–Crippen LogP) is 4.63. The average Bonchev–Trinajstić information content (AvgIpc) is 2.71. The molecule has 0 amide bonds. The van der Waals surface area contributed by atoms with Crippen LogP contribution in [0.4, 0.5) is 0 Å². The van der Waals surface area contributed by atoms with Crippen LogP contribution in [0.15, 0.2) is 53.0 Å². The summed E-state index contributed by atoms with van der Waals surface area (Å²) in [5.41, 5.74) is 7.90. The van der Waals surface area contributed by atoms with Gasteiger partial charge in [-0.3, -0.25) is 9.05 Å². The number of nitrogens with two attached hydrogens (primary N) is 1. The molecule has 0 bridgehead atoms. The molecular formula is C21H27BrNO5P. The first kappa shape index (κ1) is 22.5. The van der Waals surface area contributed by atoms with Crippen LogP contribution in [0.2, 0.25) is 0 Å². The Labute approximate surface area is 180 Å². The zero-order chi connectivity index (χ0) is 20.7. The molecule has 1 aliphatic heterocycles. The van der Waals surface area contributed by atoms with Crippen molar-refractivity contribution in [3.05, 3.63) is 64.1 Å². The molecule has 1 aliphatic rings. The van der Waals surface area contributed by atoms with E-state index in [-0.39, 0.29) is 13.2 Å². The van der Waals surface area contributed by atoms with Crippen molar-refractivity contribution in [2.45, 2.75) is 37.6 Å². The van der Waals surface area contributed by atoms with E-state index >= 15 is 0 Å². The van der Waals surface area contributed by atoms with Gasteiger partial charge in [-0.1, -0.05) is 40.2 Å². The van der Waals surface area contributed by atoms with E-state index in [1.165, 1.54) is 5.56 Å². The minimum absolute atomic E-state index is 0.0161. The maximum Gasteiger partial charge on any atom is 0.472 e. The molecule has 8 heteroatoms. The summed E-state index contributed by atoms with van der Waals surface area (Å²) >= 11 is 3.45.